The highest BCUT2D eigenvalue weighted by molar-refractivity contribution is 5.99. The van der Waals surface area contributed by atoms with Crippen molar-refractivity contribution >= 4 is 17.5 Å². The second kappa shape index (κ2) is 6.70. The monoisotopic (exact) mass is 304 g/mol. The lowest BCUT2D eigenvalue weighted by molar-refractivity contribution is 0.262. The molecular weight excluding hydrogens is 288 g/mol. The highest BCUT2D eigenvalue weighted by Gasteiger charge is 2.05. The van der Waals surface area contributed by atoms with Crippen LogP contribution in [-0.2, 0) is 0 Å². The van der Waals surface area contributed by atoms with Crippen molar-refractivity contribution in [2.24, 2.45) is 0 Å². The molecule has 1 aromatic heterocycles. The molecular formula is C18H16N4O. The Morgan fingerprint density at radius 2 is 1.57 bits per heavy atom. The average molecular weight is 304 g/mol. The van der Waals surface area contributed by atoms with Crippen LogP contribution in [0.2, 0.25) is 0 Å². The van der Waals surface area contributed by atoms with E-state index in [1.54, 1.807) is 6.07 Å². The van der Waals surface area contributed by atoms with Gasteiger partial charge in [-0.2, -0.15) is 0 Å². The number of anilines is 2. The normalized spacial score (nSPS) is 10.1. The van der Waals surface area contributed by atoms with Crippen molar-refractivity contribution in [2.45, 2.75) is 6.92 Å². The quantitative estimate of drug-likeness (QED) is 0.765. The van der Waals surface area contributed by atoms with Crippen LogP contribution in [0.5, 0.6) is 0 Å². The first-order valence-corrected chi connectivity index (χ1v) is 7.24. The van der Waals surface area contributed by atoms with Crippen molar-refractivity contribution in [3.63, 3.8) is 0 Å². The minimum absolute atomic E-state index is 0.351. The molecule has 114 valence electrons. The lowest BCUT2D eigenvalue weighted by Gasteiger charge is -2.07. The lowest BCUT2D eigenvalue weighted by Crippen LogP contribution is -2.20. The third-order valence-corrected chi connectivity index (χ3v) is 3.29. The van der Waals surface area contributed by atoms with E-state index in [0.717, 1.165) is 22.5 Å². The number of aromatic nitrogens is 2. The Morgan fingerprint density at radius 1 is 0.826 bits per heavy atom. The van der Waals surface area contributed by atoms with Crippen LogP contribution in [0.3, 0.4) is 0 Å². The van der Waals surface area contributed by atoms with Gasteiger partial charge in [-0.3, -0.25) is 5.32 Å². The second-order valence-corrected chi connectivity index (χ2v) is 5.11. The number of urea groups is 1. The molecule has 0 aliphatic heterocycles. The number of nitrogens with zero attached hydrogens (tertiary/aromatic N) is 2. The van der Waals surface area contributed by atoms with E-state index < -0.39 is 0 Å². The first-order chi connectivity index (χ1) is 11.2. The maximum Gasteiger partial charge on any atom is 0.324 e. The van der Waals surface area contributed by atoms with Crippen LogP contribution in [-0.4, -0.2) is 16.2 Å². The van der Waals surface area contributed by atoms with Crippen molar-refractivity contribution in [3.05, 3.63) is 72.3 Å². The molecule has 0 saturated carbocycles. The first-order valence-electron chi connectivity index (χ1n) is 7.24. The standard InChI is InChI=1S/C18H16N4O/c1-13-7-9-15(10-8-13)19-18(23)20-17-12-11-16(21-22-17)14-5-3-2-4-6-14/h2-12H,1H3,(H2,19,20,22,23). The second-order valence-electron chi connectivity index (χ2n) is 5.11. The minimum Gasteiger partial charge on any atom is -0.308 e. The predicted molar refractivity (Wildman–Crippen MR) is 91.3 cm³/mol. The van der Waals surface area contributed by atoms with Crippen LogP contribution >= 0.6 is 0 Å². The highest BCUT2D eigenvalue weighted by atomic mass is 16.2. The van der Waals surface area contributed by atoms with Gasteiger partial charge in [0.15, 0.2) is 5.82 Å². The van der Waals surface area contributed by atoms with Crippen LogP contribution < -0.4 is 10.6 Å². The van der Waals surface area contributed by atoms with Crippen molar-refractivity contribution in [2.75, 3.05) is 10.6 Å². The number of nitrogens with one attached hydrogen (secondary N) is 2. The van der Waals surface area contributed by atoms with Gasteiger partial charge in [0, 0.05) is 11.3 Å². The molecule has 2 amide bonds. The molecule has 0 atom stereocenters. The van der Waals surface area contributed by atoms with Crippen LogP contribution in [0.4, 0.5) is 16.3 Å². The van der Waals surface area contributed by atoms with E-state index in [-0.39, 0.29) is 6.03 Å². The van der Waals surface area contributed by atoms with Crippen molar-refractivity contribution in [1.82, 2.24) is 10.2 Å². The molecule has 3 rings (SSSR count). The Balaban J connectivity index is 1.64. The molecule has 0 aliphatic carbocycles. The van der Waals surface area contributed by atoms with Crippen molar-refractivity contribution in [1.29, 1.82) is 0 Å². The first kappa shape index (κ1) is 14.7. The van der Waals surface area contributed by atoms with Crippen LogP contribution in [0.1, 0.15) is 5.56 Å². The summed E-state index contributed by atoms with van der Waals surface area (Å²) in [6, 6.07) is 20.5. The van der Waals surface area contributed by atoms with Crippen LogP contribution in [0.15, 0.2) is 66.7 Å². The van der Waals surface area contributed by atoms with Gasteiger partial charge in [0.25, 0.3) is 0 Å². The SMILES string of the molecule is Cc1ccc(NC(=O)Nc2ccc(-c3ccccc3)nn2)cc1. The molecule has 0 bridgehead atoms. The molecule has 3 aromatic rings. The number of benzene rings is 2. The number of hydrogen-bond acceptors (Lipinski definition) is 3. The Hall–Kier alpha value is -3.21. The van der Waals surface area contributed by atoms with Gasteiger partial charge in [0.1, 0.15) is 0 Å². The molecule has 0 fully saturated rings. The van der Waals surface area contributed by atoms with Gasteiger partial charge in [-0.15, -0.1) is 10.2 Å². The van der Waals surface area contributed by atoms with Gasteiger partial charge in [0.05, 0.1) is 5.69 Å². The molecule has 23 heavy (non-hydrogen) atoms. The lowest BCUT2D eigenvalue weighted by atomic mass is 10.1. The van der Waals surface area contributed by atoms with Crippen LogP contribution in [0.25, 0.3) is 11.3 Å². The summed E-state index contributed by atoms with van der Waals surface area (Å²) in [6.45, 7) is 1.99. The average Bonchev–Trinajstić information content (AvgIpc) is 2.58. The highest BCUT2D eigenvalue weighted by Crippen LogP contribution is 2.16. The molecule has 0 aliphatic rings. The van der Waals surface area contributed by atoms with E-state index in [1.165, 1.54) is 0 Å². The number of amides is 2. The fourth-order valence-electron chi connectivity index (χ4n) is 2.08. The smallest absolute Gasteiger partial charge is 0.308 e. The summed E-state index contributed by atoms with van der Waals surface area (Å²) in [4.78, 5) is 11.9. The molecule has 0 saturated heterocycles. The third-order valence-electron chi connectivity index (χ3n) is 3.29. The molecule has 2 N–H and O–H groups in total. The largest absolute Gasteiger partial charge is 0.324 e. The van der Waals surface area contributed by atoms with E-state index in [4.69, 9.17) is 0 Å². The Labute approximate surface area is 134 Å². The number of rotatable bonds is 3. The number of carbonyl (C=O) groups is 1. The molecule has 0 spiro atoms. The third kappa shape index (κ3) is 3.91. The summed E-state index contributed by atoms with van der Waals surface area (Å²) in [5.41, 5.74) is 3.60. The fourth-order valence-corrected chi connectivity index (χ4v) is 2.08. The maximum atomic E-state index is 11.9. The van der Waals surface area contributed by atoms with Crippen molar-refractivity contribution in [3.8, 4) is 11.3 Å². The van der Waals surface area contributed by atoms with E-state index in [2.05, 4.69) is 20.8 Å². The zero-order valence-electron chi connectivity index (χ0n) is 12.7. The van der Waals surface area contributed by atoms with Gasteiger partial charge < -0.3 is 5.32 Å². The summed E-state index contributed by atoms with van der Waals surface area (Å²) in [7, 11) is 0. The fraction of sp³-hybridized carbons (Fsp3) is 0.0556. The number of hydrogen-bond donors (Lipinski definition) is 2. The summed E-state index contributed by atoms with van der Waals surface area (Å²) in [6.07, 6.45) is 0. The van der Waals surface area contributed by atoms with Gasteiger partial charge in [-0.25, -0.2) is 4.79 Å². The van der Waals surface area contributed by atoms with E-state index >= 15 is 0 Å². The molecule has 0 unspecified atom stereocenters. The molecule has 5 heteroatoms. The zero-order chi connectivity index (χ0) is 16.1. The predicted octanol–water partition coefficient (Wildman–Crippen LogP) is 4.10. The summed E-state index contributed by atoms with van der Waals surface area (Å²) in [5.74, 6) is 0.397. The van der Waals surface area contributed by atoms with Gasteiger partial charge in [0.2, 0.25) is 0 Å². The summed E-state index contributed by atoms with van der Waals surface area (Å²) in [5, 5.41) is 13.6. The van der Waals surface area contributed by atoms with Gasteiger partial charge in [-0.1, -0.05) is 48.0 Å². The molecule has 1 heterocycles. The van der Waals surface area contributed by atoms with Gasteiger partial charge >= 0.3 is 6.03 Å². The van der Waals surface area contributed by atoms with E-state index in [9.17, 15) is 4.79 Å². The van der Waals surface area contributed by atoms with E-state index in [1.807, 2.05) is 67.6 Å². The summed E-state index contributed by atoms with van der Waals surface area (Å²) < 4.78 is 0. The number of carbonyl (C=O) groups excluding carboxylic acids is 1. The molecule has 5 nitrogen and oxygen atoms in total. The zero-order valence-corrected chi connectivity index (χ0v) is 12.7. The van der Waals surface area contributed by atoms with Crippen molar-refractivity contribution < 1.29 is 4.79 Å². The minimum atomic E-state index is -0.351. The Kier molecular flexibility index (Phi) is 4.29. The molecule has 2 aromatic carbocycles. The summed E-state index contributed by atoms with van der Waals surface area (Å²) >= 11 is 0. The maximum absolute atomic E-state index is 11.9. The molecule has 0 radical (unpaired) electrons. The topological polar surface area (TPSA) is 66.9 Å². The van der Waals surface area contributed by atoms with Gasteiger partial charge in [-0.05, 0) is 31.2 Å². The Morgan fingerprint density at radius 3 is 2.22 bits per heavy atom. The number of aryl methyl sites for hydroxylation is 1. The van der Waals surface area contributed by atoms with E-state index in [0.29, 0.717) is 5.82 Å². The van der Waals surface area contributed by atoms with Crippen LogP contribution in [0, 0.1) is 6.92 Å². The Bertz CT molecular complexity index is 784.